The molecule has 0 amide bonds. The van der Waals surface area contributed by atoms with Crippen LogP contribution in [-0.2, 0) is 30.3 Å². The van der Waals surface area contributed by atoms with E-state index in [0.29, 0.717) is 0 Å². The molecule has 4 nitrogen and oxygen atoms in total. The summed E-state index contributed by atoms with van der Waals surface area (Å²) < 4.78 is 2.45. The van der Waals surface area contributed by atoms with Gasteiger partial charge in [0.25, 0.3) is 0 Å². The summed E-state index contributed by atoms with van der Waals surface area (Å²) >= 11 is 3.52. The Kier molecular flexibility index (Phi) is 12.6. The molecule has 265 valence electrons. The zero-order chi connectivity index (χ0) is 35.6. The number of ketones is 1. The standard InChI is InChI=1S/C28H21N2S2.C15H28O2.Ir/c1-28(2,3)22-15-19(14-17-6-4-5-7-20(17)22)25-27-18(8-11-29-25)16-24(32-27)26-21-10-13-31-23(21)9-12-30-26;1-7-14(5,8-2)12(16)11-13(17)15(6,9-3)10-4;/h4-13,15-16H,1-3H3;11,16H,7-10H2,1-6H3;/q-1;;/b;12-11-;. The van der Waals surface area contributed by atoms with E-state index in [4.69, 9.17) is 9.97 Å². The minimum absolute atomic E-state index is 0. The second-order valence-electron chi connectivity index (χ2n) is 14.5. The number of aliphatic hydroxyl groups is 1. The van der Waals surface area contributed by atoms with Gasteiger partial charge >= 0.3 is 0 Å². The Morgan fingerprint density at radius 3 is 2.12 bits per heavy atom. The summed E-state index contributed by atoms with van der Waals surface area (Å²) in [4.78, 5) is 22.9. The van der Waals surface area contributed by atoms with E-state index in [-0.39, 0.29) is 47.9 Å². The third kappa shape index (κ3) is 7.97. The van der Waals surface area contributed by atoms with E-state index in [1.807, 2.05) is 53.9 Å². The molecule has 0 aliphatic carbocycles. The molecule has 0 aliphatic heterocycles. The van der Waals surface area contributed by atoms with Crippen LogP contribution >= 0.6 is 22.7 Å². The number of hydrogen-bond acceptors (Lipinski definition) is 6. The summed E-state index contributed by atoms with van der Waals surface area (Å²) in [7, 11) is 0. The first kappa shape index (κ1) is 39.6. The molecular weight excluding hydrogens is 833 g/mol. The molecule has 7 heteroatoms. The van der Waals surface area contributed by atoms with Gasteiger partial charge in [-0.15, -0.1) is 51.8 Å². The summed E-state index contributed by atoms with van der Waals surface area (Å²) in [6.45, 7) is 18.9. The maximum absolute atomic E-state index is 12.2. The summed E-state index contributed by atoms with van der Waals surface area (Å²) in [5, 5.41) is 17.1. The zero-order valence-electron chi connectivity index (χ0n) is 30.7. The molecule has 0 saturated carbocycles. The smallest absolute Gasteiger partial charge is 0.164 e. The van der Waals surface area contributed by atoms with Gasteiger partial charge in [-0.25, -0.2) is 0 Å². The molecule has 6 aromatic rings. The first-order valence-electron chi connectivity index (χ1n) is 17.4. The third-order valence-corrected chi connectivity index (χ3v) is 12.5. The Hall–Kier alpha value is -3.22. The van der Waals surface area contributed by atoms with Gasteiger partial charge in [0.2, 0.25) is 0 Å². The number of aromatic nitrogens is 2. The number of thiophene rings is 2. The van der Waals surface area contributed by atoms with Crippen molar-refractivity contribution in [1.29, 1.82) is 0 Å². The van der Waals surface area contributed by atoms with E-state index < -0.39 is 0 Å². The fraction of sp³-hybridized carbons (Fsp3) is 0.372. The number of hydrogen-bond donors (Lipinski definition) is 1. The van der Waals surface area contributed by atoms with Crippen LogP contribution in [0.2, 0.25) is 0 Å². The first-order chi connectivity index (χ1) is 23.3. The SMILES string of the molecule is CC(C)(C)c1cc(-c2nccc3cc(-c4nccc5sccc45)sc23)[c-]c2ccccc12.CCC(C)(CC)C(=O)/C=C(\O)C(C)(CC)CC.[Ir]. The average molecular weight is 882 g/mol. The Balaban J connectivity index is 0.000000269. The summed E-state index contributed by atoms with van der Waals surface area (Å²) in [5.41, 5.74) is 3.84. The van der Waals surface area contributed by atoms with Crippen molar-refractivity contribution < 1.29 is 30.0 Å². The maximum atomic E-state index is 12.2. The molecule has 0 spiro atoms. The van der Waals surface area contributed by atoms with Crippen molar-refractivity contribution in [1.82, 2.24) is 9.97 Å². The summed E-state index contributed by atoms with van der Waals surface area (Å²) in [6, 6.07) is 23.1. The van der Waals surface area contributed by atoms with E-state index in [2.05, 4.69) is 86.8 Å². The van der Waals surface area contributed by atoms with Gasteiger partial charge in [-0.05, 0) is 66.1 Å². The van der Waals surface area contributed by atoms with Gasteiger partial charge in [0.15, 0.2) is 5.78 Å². The predicted molar refractivity (Wildman–Crippen MR) is 212 cm³/mol. The maximum Gasteiger partial charge on any atom is 0.164 e. The largest absolute Gasteiger partial charge is 0.512 e. The molecule has 2 aromatic carbocycles. The molecule has 0 aliphatic rings. The number of pyridine rings is 2. The molecule has 0 unspecified atom stereocenters. The Morgan fingerprint density at radius 1 is 0.820 bits per heavy atom. The van der Waals surface area contributed by atoms with Crippen LogP contribution in [0.15, 0.2) is 84.2 Å². The van der Waals surface area contributed by atoms with Crippen molar-refractivity contribution in [3.05, 3.63) is 95.8 Å². The molecule has 0 saturated heterocycles. The van der Waals surface area contributed by atoms with Gasteiger partial charge in [0, 0.05) is 69.9 Å². The Bertz CT molecular complexity index is 2130. The topological polar surface area (TPSA) is 63.1 Å². The van der Waals surface area contributed by atoms with Crippen LogP contribution in [0.3, 0.4) is 0 Å². The second-order valence-corrected chi connectivity index (χ2v) is 16.5. The van der Waals surface area contributed by atoms with Crippen LogP contribution in [0.4, 0.5) is 0 Å². The minimum Gasteiger partial charge on any atom is -0.512 e. The van der Waals surface area contributed by atoms with Crippen molar-refractivity contribution in [3.63, 3.8) is 0 Å². The Labute approximate surface area is 319 Å². The fourth-order valence-corrected chi connectivity index (χ4v) is 7.98. The normalized spacial score (nSPS) is 12.5. The summed E-state index contributed by atoms with van der Waals surface area (Å²) in [6.07, 6.45) is 8.57. The molecule has 4 aromatic heterocycles. The Morgan fingerprint density at radius 2 is 1.46 bits per heavy atom. The molecule has 50 heavy (non-hydrogen) atoms. The molecule has 4 heterocycles. The van der Waals surface area contributed by atoms with Gasteiger partial charge in [-0.2, -0.15) is 0 Å². The van der Waals surface area contributed by atoms with Gasteiger partial charge in [-0.1, -0.05) is 91.5 Å². The van der Waals surface area contributed by atoms with E-state index in [0.717, 1.165) is 48.0 Å². The summed E-state index contributed by atoms with van der Waals surface area (Å²) in [5.74, 6) is 0.286. The first-order valence-corrected chi connectivity index (χ1v) is 19.1. The van der Waals surface area contributed by atoms with E-state index in [1.165, 1.54) is 42.1 Å². The number of fused-ring (bicyclic) bond motifs is 3. The van der Waals surface area contributed by atoms with Gasteiger partial charge in [0.05, 0.1) is 10.6 Å². The van der Waals surface area contributed by atoms with Crippen LogP contribution in [0.5, 0.6) is 0 Å². The molecule has 6 rings (SSSR count). The van der Waals surface area contributed by atoms with Crippen LogP contribution in [0, 0.1) is 16.9 Å². The molecule has 1 radical (unpaired) electrons. The molecule has 1 N–H and O–H groups in total. The predicted octanol–water partition coefficient (Wildman–Crippen LogP) is 13.1. The average Bonchev–Trinajstić information content (AvgIpc) is 3.78. The zero-order valence-corrected chi connectivity index (χ0v) is 34.8. The monoisotopic (exact) mass is 882 g/mol. The van der Waals surface area contributed by atoms with E-state index in [9.17, 15) is 9.90 Å². The molecule has 0 atom stereocenters. The van der Waals surface area contributed by atoms with Gasteiger partial charge in [-0.3, -0.25) is 14.8 Å². The van der Waals surface area contributed by atoms with Crippen molar-refractivity contribution >= 4 is 59.4 Å². The van der Waals surface area contributed by atoms with Crippen molar-refractivity contribution in [3.8, 4) is 21.8 Å². The number of rotatable bonds is 9. The molecule has 0 bridgehead atoms. The van der Waals surface area contributed by atoms with Crippen molar-refractivity contribution in [2.24, 2.45) is 10.8 Å². The van der Waals surface area contributed by atoms with Crippen LogP contribution in [0.25, 0.3) is 52.8 Å². The van der Waals surface area contributed by atoms with Crippen molar-refractivity contribution in [2.75, 3.05) is 0 Å². The molecule has 0 fully saturated rings. The fourth-order valence-electron chi connectivity index (χ4n) is 6.03. The third-order valence-electron chi connectivity index (χ3n) is 10.5. The number of benzene rings is 2. The van der Waals surface area contributed by atoms with Gasteiger partial charge < -0.3 is 5.11 Å². The minimum atomic E-state index is -0.337. The van der Waals surface area contributed by atoms with Crippen LogP contribution in [-0.4, -0.2) is 20.9 Å². The number of nitrogens with zero attached hydrogens (tertiary/aromatic N) is 2. The van der Waals surface area contributed by atoms with Gasteiger partial charge in [0.1, 0.15) is 5.76 Å². The second kappa shape index (κ2) is 16.0. The van der Waals surface area contributed by atoms with E-state index >= 15 is 0 Å². The number of allylic oxidation sites excluding steroid dienone is 2. The number of carbonyl (C=O) groups is 1. The van der Waals surface area contributed by atoms with Crippen LogP contribution in [0.1, 0.15) is 93.6 Å². The van der Waals surface area contributed by atoms with E-state index in [1.54, 1.807) is 22.7 Å². The molecular formula is C43H49IrN2O2S2-. The number of aliphatic hydroxyl groups excluding tert-OH is 1. The quantitative estimate of drug-likeness (QED) is 0.0893. The van der Waals surface area contributed by atoms with Crippen LogP contribution < -0.4 is 0 Å². The number of carbonyl (C=O) groups excluding carboxylic acids is 1. The van der Waals surface area contributed by atoms with Crippen molar-refractivity contribution in [2.45, 2.75) is 93.4 Å².